The topological polar surface area (TPSA) is 69.6 Å². The van der Waals surface area contributed by atoms with Gasteiger partial charge in [0.1, 0.15) is 0 Å². The van der Waals surface area contributed by atoms with Crippen LogP contribution in [0.2, 0.25) is 0 Å². The maximum Gasteiger partial charge on any atom is 0.490 e. The van der Waals surface area contributed by atoms with Crippen LogP contribution in [-0.2, 0) is 11.2 Å². The minimum atomic E-state index is -5.08. The van der Waals surface area contributed by atoms with E-state index in [1.165, 1.54) is 5.56 Å². The first kappa shape index (κ1) is 17.7. The molecule has 0 bridgehead atoms. The minimum absolute atomic E-state index is 0.195. The van der Waals surface area contributed by atoms with Crippen molar-refractivity contribution in [1.29, 1.82) is 0 Å². The first-order valence-corrected chi connectivity index (χ1v) is 7.59. The van der Waals surface area contributed by atoms with Gasteiger partial charge in [0.25, 0.3) is 5.91 Å². The number of nitrogens with zero attached hydrogens (tertiary/aromatic N) is 1. The van der Waals surface area contributed by atoms with Gasteiger partial charge in [-0.15, -0.1) is 0 Å². The summed E-state index contributed by atoms with van der Waals surface area (Å²) in [5.74, 6) is -2.56. The third-order valence-corrected chi connectivity index (χ3v) is 4.10. The molecule has 1 atom stereocenters. The molecular formula is C14H14BrF3N2O3. The fraction of sp³-hybridized carbons (Fsp3) is 0.429. The summed E-state index contributed by atoms with van der Waals surface area (Å²) in [5.41, 5.74) is 2.05. The summed E-state index contributed by atoms with van der Waals surface area (Å²) in [6.07, 6.45) is -4.12. The molecule has 2 heterocycles. The van der Waals surface area contributed by atoms with Crippen molar-refractivity contribution >= 4 is 27.8 Å². The summed E-state index contributed by atoms with van der Waals surface area (Å²) in [6.45, 7) is 2.66. The molecule has 9 heteroatoms. The highest BCUT2D eigenvalue weighted by Crippen LogP contribution is 2.26. The molecule has 0 aromatic heterocycles. The van der Waals surface area contributed by atoms with E-state index in [1.54, 1.807) is 0 Å². The number of aliphatic carboxylic acids is 1. The Kier molecular flexibility index (Phi) is 5.30. The summed E-state index contributed by atoms with van der Waals surface area (Å²) >= 11 is 3.46. The van der Waals surface area contributed by atoms with Gasteiger partial charge in [-0.3, -0.25) is 4.79 Å². The van der Waals surface area contributed by atoms with Gasteiger partial charge in [0.05, 0.1) is 0 Å². The molecule has 1 fully saturated rings. The van der Waals surface area contributed by atoms with Crippen LogP contribution in [-0.4, -0.2) is 53.7 Å². The van der Waals surface area contributed by atoms with Crippen molar-refractivity contribution in [3.63, 3.8) is 0 Å². The molecular weight excluding hydrogens is 381 g/mol. The third kappa shape index (κ3) is 4.23. The van der Waals surface area contributed by atoms with E-state index in [-0.39, 0.29) is 5.91 Å². The Hall–Kier alpha value is -1.61. The number of rotatable bonds is 0. The number of hydrogen-bond donors (Lipinski definition) is 2. The number of benzene rings is 1. The Labute approximate surface area is 138 Å². The van der Waals surface area contributed by atoms with Gasteiger partial charge in [-0.05, 0) is 30.2 Å². The first-order chi connectivity index (χ1) is 10.7. The van der Waals surface area contributed by atoms with Gasteiger partial charge in [0.15, 0.2) is 0 Å². The van der Waals surface area contributed by atoms with E-state index in [0.717, 1.165) is 36.1 Å². The van der Waals surface area contributed by atoms with Crippen LogP contribution in [0, 0.1) is 0 Å². The second kappa shape index (κ2) is 6.88. The van der Waals surface area contributed by atoms with Crippen molar-refractivity contribution in [2.75, 3.05) is 19.6 Å². The predicted octanol–water partition coefficient (Wildman–Crippen LogP) is 2.05. The highest BCUT2D eigenvalue weighted by molar-refractivity contribution is 9.10. The lowest BCUT2D eigenvalue weighted by Crippen LogP contribution is -2.56. The summed E-state index contributed by atoms with van der Waals surface area (Å²) in [7, 11) is 0. The monoisotopic (exact) mass is 394 g/mol. The molecule has 1 aromatic rings. The number of carboxylic acids is 1. The van der Waals surface area contributed by atoms with Gasteiger partial charge in [0, 0.05) is 35.7 Å². The average molecular weight is 395 g/mol. The summed E-state index contributed by atoms with van der Waals surface area (Å²) in [5, 5.41) is 10.5. The molecule has 2 N–H and O–H groups in total. The van der Waals surface area contributed by atoms with E-state index in [4.69, 9.17) is 9.90 Å². The van der Waals surface area contributed by atoms with Crippen LogP contribution < -0.4 is 5.32 Å². The van der Waals surface area contributed by atoms with E-state index in [0.29, 0.717) is 6.04 Å². The fourth-order valence-electron chi connectivity index (χ4n) is 2.56. The van der Waals surface area contributed by atoms with Gasteiger partial charge in [0.2, 0.25) is 0 Å². The molecule has 0 saturated carbocycles. The molecule has 0 aliphatic carbocycles. The zero-order valence-corrected chi connectivity index (χ0v) is 13.4. The van der Waals surface area contributed by atoms with Crippen molar-refractivity contribution < 1.29 is 27.9 Å². The highest BCUT2D eigenvalue weighted by atomic mass is 79.9. The number of nitrogens with one attached hydrogen (secondary N) is 1. The second-order valence-corrected chi connectivity index (χ2v) is 6.08. The minimum Gasteiger partial charge on any atom is -0.475 e. The standard InChI is InChI=1S/C12H13BrN2O.C2HF3O2/c13-9-1-2-11-8(5-9)6-10-7-14-3-4-15(10)12(11)16;3-2(4,5)1(6)7/h1-2,5,10,14H,3-4,6-7H2;(H,6,7)/t10-;/m1./s1. The quantitative estimate of drug-likeness (QED) is 0.706. The SMILES string of the molecule is O=C(O)C(F)(F)F.O=C1c2ccc(Br)cc2C[C@@H]2CNCCN12. The predicted molar refractivity (Wildman–Crippen MR) is 79.2 cm³/mol. The lowest BCUT2D eigenvalue weighted by atomic mass is 9.92. The van der Waals surface area contributed by atoms with Crippen LogP contribution in [0.4, 0.5) is 13.2 Å². The Morgan fingerprint density at radius 2 is 2.04 bits per heavy atom. The Morgan fingerprint density at radius 3 is 2.65 bits per heavy atom. The van der Waals surface area contributed by atoms with E-state index in [2.05, 4.69) is 27.3 Å². The van der Waals surface area contributed by atoms with Crippen molar-refractivity contribution in [3.05, 3.63) is 33.8 Å². The molecule has 2 aliphatic rings. The molecule has 0 unspecified atom stereocenters. The first-order valence-electron chi connectivity index (χ1n) is 6.80. The summed E-state index contributed by atoms with van der Waals surface area (Å²) < 4.78 is 32.8. The van der Waals surface area contributed by atoms with Crippen molar-refractivity contribution in [2.45, 2.75) is 18.6 Å². The molecule has 3 rings (SSSR count). The summed E-state index contributed by atoms with van der Waals surface area (Å²) in [6, 6.07) is 6.28. The number of piperazine rings is 1. The molecule has 1 aromatic carbocycles. The normalized spacial score (nSPS) is 20.1. The van der Waals surface area contributed by atoms with Crippen LogP contribution >= 0.6 is 15.9 Å². The Bertz CT molecular complexity index is 622. The number of halogens is 4. The molecule has 126 valence electrons. The molecule has 1 saturated heterocycles. The maximum atomic E-state index is 12.2. The number of amides is 1. The van der Waals surface area contributed by atoms with Crippen molar-refractivity contribution in [3.8, 4) is 0 Å². The van der Waals surface area contributed by atoms with Crippen LogP contribution in [0.25, 0.3) is 0 Å². The fourth-order valence-corrected chi connectivity index (χ4v) is 2.97. The molecule has 23 heavy (non-hydrogen) atoms. The number of carbonyl (C=O) groups excluding carboxylic acids is 1. The number of carboxylic acid groups (broad SMARTS) is 1. The van der Waals surface area contributed by atoms with E-state index >= 15 is 0 Å². The Morgan fingerprint density at radius 1 is 1.39 bits per heavy atom. The van der Waals surface area contributed by atoms with Gasteiger partial charge < -0.3 is 15.3 Å². The zero-order chi connectivity index (χ0) is 17.2. The van der Waals surface area contributed by atoms with Crippen molar-refractivity contribution in [1.82, 2.24) is 10.2 Å². The van der Waals surface area contributed by atoms with E-state index in [1.807, 2.05) is 17.0 Å². The molecule has 0 spiro atoms. The smallest absolute Gasteiger partial charge is 0.475 e. The molecule has 5 nitrogen and oxygen atoms in total. The molecule has 2 aliphatic heterocycles. The Balaban J connectivity index is 0.000000236. The number of fused-ring (bicyclic) bond motifs is 2. The number of hydrogen-bond acceptors (Lipinski definition) is 3. The largest absolute Gasteiger partial charge is 0.490 e. The van der Waals surface area contributed by atoms with E-state index in [9.17, 15) is 18.0 Å². The lowest BCUT2D eigenvalue weighted by Gasteiger charge is -2.40. The van der Waals surface area contributed by atoms with Crippen LogP contribution in [0.3, 0.4) is 0 Å². The van der Waals surface area contributed by atoms with Gasteiger partial charge >= 0.3 is 12.1 Å². The van der Waals surface area contributed by atoms with E-state index < -0.39 is 12.1 Å². The van der Waals surface area contributed by atoms with Crippen LogP contribution in [0.1, 0.15) is 15.9 Å². The lowest BCUT2D eigenvalue weighted by molar-refractivity contribution is -0.192. The number of alkyl halides is 3. The second-order valence-electron chi connectivity index (χ2n) is 5.16. The maximum absolute atomic E-state index is 12.2. The number of carbonyl (C=O) groups is 2. The van der Waals surface area contributed by atoms with Crippen LogP contribution in [0.5, 0.6) is 0 Å². The third-order valence-electron chi connectivity index (χ3n) is 3.61. The molecule has 0 radical (unpaired) electrons. The van der Waals surface area contributed by atoms with Crippen molar-refractivity contribution in [2.24, 2.45) is 0 Å². The average Bonchev–Trinajstić information content (AvgIpc) is 2.47. The van der Waals surface area contributed by atoms with Gasteiger partial charge in [-0.2, -0.15) is 13.2 Å². The molecule has 1 amide bonds. The van der Waals surface area contributed by atoms with Crippen LogP contribution in [0.15, 0.2) is 22.7 Å². The zero-order valence-electron chi connectivity index (χ0n) is 11.9. The van der Waals surface area contributed by atoms with Gasteiger partial charge in [-0.1, -0.05) is 15.9 Å². The highest BCUT2D eigenvalue weighted by Gasteiger charge is 2.38. The summed E-state index contributed by atoms with van der Waals surface area (Å²) in [4.78, 5) is 23.1. The van der Waals surface area contributed by atoms with Gasteiger partial charge in [-0.25, -0.2) is 4.79 Å².